The molecule has 4 nitrogen and oxygen atoms in total. The summed E-state index contributed by atoms with van der Waals surface area (Å²) in [6.07, 6.45) is -0.172. The first-order chi connectivity index (χ1) is 10.6. The minimum absolute atomic E-state index is 0.414. The second-order valence-electron chi connectivity index (χ2n) is 6.96. The van der Waals surface area contributed by atoms with Gasteiger partial charge in [0.05, 0.1) is 18.2 Å². The molecule has 1 saturated heterocycles. The number of rotatable bonds is 2. The Balaban J connectivity index is 2.33. The maximum Gasteiger partial charge on any atom is 0.411 e. The molecule has 1 aromatic rings. The number of hydrogen-bond donors (Lipinski definition) is 1. The number of carbonyl (C=O) groups is 1. The summed E-state index contributed by atoms with van der Waals surface area (Å²) in [4.78, 5) is 14.0. The lowest BCUT2D eigenvalue weighted by molar-refractivity contribution is -0.00168. The Labute approximate surface area is 135 Å². The van der Waals surface area contributed by atoms with Crippen molar-refractivity contribution in [2.75, 3.05) is 0 Å². The van der Waals surface area contributed by atoms with Crippen molar-refractivity contribution in [1.82, 2.24) is 4.90 Å². The highest BCUT2D eigenvalue weighted by molar-refractivity contribution is 5.70. The molecule has 23 heavy (non-hydrogen) atoms. The van der Waals surface area contributed by atoms with Crippen LogP contribution in [0.15, 0.2) is 18.2 Å². The average molecular weight is 327 g/mol. The van der Waals surface area contributed by atoms with Gasteiger partial charge in [0.25, 0.3) is 0 Å². The van der Waals surface area contributed by atoms with Gasteiger partial charge in [-0.1, -0.05) is 6.07 Å². The van der Waals surface area contributed by atoms with Gasteiger partial charge >= 0.3 is 6.09 Å². The Hall–Kier alpha value is -1.69. The average Bonchev–Trinajstić information content (AvgIpc) is 2.85. The predicted octanol–water partition coefficient (Wildman–Crippen LogP) is 3.79. The maximum absolute atomic E-state index is 13.5. The standard InChI is InChI=1S/C17H23F2NO3/c1-10(21)14-7-8-15(11-5-6-12(18)13(19)9-11)20(14)16(22)23-17(2,3)4/h5-6,9-10,14-15,21H,7-8H2,1-4H3/t10-,14+,15-/m0/s1. The quantitative estimate of drug-likeness (QED) is 0.899. The number of amides is 1. The van der Waals surface area contributed by atoms with E-state index in [0.717, 1.165) is 12.1 Å². The molecular formula is C17H23F2NO3. The zero-order chi connectivity index (χ0) is 17.4. The second kappa shape index (κ2) is 6.43. The van der Waals surface area contributed by atoms with Crippen molar-refractivity contribution in [2.24, 2.45) is 0 Å². The molecule has 0 spiro atoms. The van der Waals surface area contributed by atoms with Crippen LogP contribution >= 0.6 is 0 Å². The smallest absolute Gasteiger partial charge is 0.411 e. The Morgan fingerprint density at radius 1 is 1.30 bits per heavy atom. The van der Waals surface area contributed by atoms with Gasteiger partial charge in [-0.25, -0.2) is 13.6 Å². The summed E-state index contributed by atoms with van der Waals surface area (Å²) in [5, 5.41) is 9.95. The summed E-state index contributed by atoms with van der Waals surface area (Å²) in [6.45, 7) is 6.87. The van der Waals surface area contributed by atoms with E-state index in [4.69, 9.17) is 4.74 Å². The number of carbonyl (C=O) groups excluding carboxylic acids is 1. The van der Waals surface area contributed by atoms with Crippen molar-refractivity contribution in [2.45, 2.75) is 64.3 Å². The number of aliphatic hydroxyl groups is 1. The van der Waals surface area contributed by atoms with E-state index in [0.29, 0.717) is 18.4 Å². The van der Waals surface area contributed by atoms with E-state index in [-0.39, 0.29) is 0 Å². The Morgan fingerprint density at radius 3 is 2.48 bits per heavy atom. The summed E-state index contributed by atoms with van der Waals surface area (Å²) in [7, 11) is 0. The molecule has 3 atom stereocenters. The summed E-state index contributed by atoms with van der Waals surface area (Å²) < 4.78 is 32.1. The molecule has 1 N–H and O–H groups in total. The molecule has 6 heteroatoms. The zero-order valence-corrected chi connectivity index (χ0v) is 13.8. The number of ether oxygens (including phenoxy) is 1. The second-order valence-corrected chi connectivity index (χ2v) is 6.96. The van der Waals surface area contributed by atoms with Crippen LogP contribution in [-0.4, -0.2) is 33.8 Å². The maximum atomic E-state index is 13.5. The van der Waals surface area contributed by atoms with Crippen LogP contribution < -0.4 is 0 Å². The van der Waals surface area contributed by atoms with E-state index in [1.165, 1.54) is 11.0 Å². The summed E-state index contributed by atoms with van der Waals surface area (Å²) in [6, 6.07) is 2.75. The molecule has 2 rings (SSSR count). The number of likely N-dealkylation sites (tertiary alicyclic amines) is 1. The Morgan fingerprint density at radius 2 is 1.96 bits per heavy atom. The van der Waals surface area contributed by atoms with Crippen LogP contribution in [0, 0.1) is 11.6 Å². The third-order valence-electron chi connectivity index (χ3n) is 3.92. The topological polar surface area (TPSA) is 49.8 Å². The molecule has 0 bridgehead atoms. The third-order valence-corrected chi connectivity index (χ3v) is 3.92. The normalized spacial score (nSPS) is 23.0. The molecular weight excluding hydrogens is 304 g/mol. The van der Waals surface area contributed by atoms with E-state index in [9.17, 15) is 18.7 Å². The lowest BCUT2D eigenvalue weighted by Crippen LogP contribution is -2.45. The van der Waals surface area contributed by atoms with E-state index in [1.54, 1.807) is 27.7 Å². The van der Waals surface area contributed by atoms with Crippen LogP contribution in [0.2, 0.25) is 0 Å². The van der Waals surface area contributed by atoms with Gasteiger partial charge in [0.1, 0.15) is 5.60 Å². The minimum Gasteiger partial charge on any atom is -0.444 e. The van der Waals surface area contributed by atoms with Crippen molar-refractivity contribution in [3.05, 3.63) is 35.4 Å². The highest BCUT2D eigenvalue weighted by atomic mass is 19.2. The minimum atomic E-state index is -0.952. The van der Waals surface area contributed by atoms with Crippen LogP contribution in [0.25, 0.3) is 0 Å². The van der Waals surface area contributed by atoms with Crippen molar-refractivity contribution >= 4 is 6.09 Å². The first-order valence-corrected chi connectivity index (χ1v) is 7.74. The zero-order valence-electron chi connectivity index (χ0n) is 13.8. The summed E-state index contributed by atoms with van der Waals surface area (Å²) >= 11 is 0. The number of benzene rings is 1. The molecule has 128 valence electrons. The molecule has 1 amide bonds. The first-order valence-electron chi connectivity index (χ1n) is 7.74. The lowest BCUT2D eigenvalue weighted by atomic mass is 10.0. The number of nitrogens with zero attached hydrogens (tertiary/aromatic N) is 1. The van der Waals surface area contributed by atoms with E-state index < -0.39 is 41.5 Å². The fourth-order valence-electron chi connectivity index (χ4n) is 2.94. The molecule has 0 aliphatic carbocycles. The molecule has 1 heterocycles. The molecule has 1 aliphatic heterocycles. The Kier molecular flexibility index (Phi) is 4.94. The van der Waals surface area contributed by atoms with Crippen molar-refractivity contribution in [3.63, 3.8) is 0 Å². The molecule has 1 aliphatic rings. The SMILES string of the molecule is C[C@H](O)[C@H]1CC[C@@H](c2ccc(F)c(F)c2)N1C(=O)OC(C)(C)C. The van der Waals surface area contributed by atoms with Crippen LogP contribution in [0.1, 0.15) is 52.1 Å². The van der Waals surface area contributed by atoms with Crippen LogP contribution in [0.4, 0.5) is 13.6 Å². The molecule has 0 aromatic heterocycles. The van der Waals surface area contributed by atoms with Crippen molar-refractivity contribution < 1.29 is 23.4 Å². The monoisotopic (exact) mass is 327 g/mol. The van der Waals surface area contributed by atoms with Gasteiger partial charge in [0.2, 0.25) is 0 Å². The van der Waals surface area contributed by atoms with Gasteiger partial charge < -0.3 is 9.84 Å². The van der Waals surface area contributed by atoms with Gasteiger partial charge in [-0.2, -0.15) is 0 Å². The van der Waals surface area contributed by atoms with Crippen LogP contribution in [-0.2, 0) is 4.74 Å². The molecule has 0 radical (unpaired) electrons. The fraction of sp³-hybridized carbons (Fsp3) is 0.588. The van der Waals surface area contributed by atoms with Crippen LogP contribution in [0.5, 0.6) is 0 Å². The molecule has 0 unspecified atom stereocenters. The third kappa shape index (κ3) is 3.99. The highest BCUT2D eigenvalue weighted by Gasteiger charge is 2.42. The fourth-order valence-corrected chi connectivity index (χ4v) is 2.94. The van der Waals surface area contributed by atoms with Crippen LogP contribution in [0.3, 0.4) is 0 Å². The number of hydrogen-bond acceptors (Lipinski definition) is 3. The van der Waals surface area contributed by atoms with Gasteiger partial charge in [-0.3, -0.25) is 4.90 Å². The highest BCUT2D eigenvalue weighted by Crippen LogP contribution is 2.38. The number of halogens is 2. The summed E-state index contributed by atoms with van der Waals surface area (Å²) in [5.41, 5.74) is -0.181. The van der Waals surface area contributed by atoms with Crippen molar-refractivity contribution in [1.29, 1.82) is 0 Å². The molecule has 1 fully saturated rings. The van der Waals surface area contributed by atoms with Crippen molar-refractivity contribution in [3.8, 4) is 0 Å². The molecule has 1 aromatic carbocycles. The molecule has 0 saturated carbocycles. The predicted molar refractivity (Wildman–Crippen MR) is 81.9 cm³/mol. The van der Waals surface area contributed by atoms with Gasteiger partial charge in [-0.05, 0) is 58.2 Å². The first kappa shape index (κ1) is 17.7. The van der Waals surface area contributed by atoms with E-state index >= 15 is 0 Å². The lowest BCUT2D eigenvalue weighted by Gasteiger charge is -2.34. The summed E-state index contributed by atoms with van der Waals surface area (Å²) in [5.74, 6) is -1.88. The van der Waals surface area contributed by atoms with Gasteiger partial charge in [0.15, 0.2) is 11.6 Å². The van der Waals surface area contributed by atoms with Gasteiger partial charge in [0, 0.05) is 0 Å². The Bertz CT molecular complexity index is 584. The van der Waals surface area contributed by atoms with Gasteiger partial charge in [-0.15, -0.1) is 0 Å². The van der Waals surface area contributed by atoms with E-state index in [1.807, 2.05) is 0 Å². The number of aliphatic hydroxyl groups excluding tert-OH is 1. The van der Waals surface area contributed by atoms with E-state index in [2.05, 4.69) is 0 Å². The largest absolute Gasteiger partial charge is 0.444 e.